The normalized spacial score (nSPS) is 13.2. The van der Waals surface area contributed by atoms with Crippen molar-refractivity contribution in [3.05, 3.63) is 158 Å². The van der Waals surface area contributed by atoms with Crippen LogP contribution in [-0.2, 0) is 28.6 Å². The van der Waals surface area contributed by atoms with Crippen LogP contribution in [0.2, 0.25) is 0 Å². The molecule has 0 bridgehead atoms. The molecule has 0 aliphatic carbocycles. The van der Waals surface area contributed by atoms with Gasteiger partial charge in [0.15, 0.2) is 6.10 Å². The summed E-state index contributed by atoms with van der Waals surface area (Å²) in [5.41, 5.74) is 0. The van der Waals surface area contributed by atoms with Crippen LogP contribution < -0.4 is 0 Å². The highest BCUT2D eigenvalue weighted by Gasteiger charge is 2.19. The lowest BCUT2D eigenvalue weighted by Crippen LogP contribution is -2.30. The molecule has 6 nitrogen and oxygen atoms in total. The minimum atomic E-state index is -0.803. The van der Waals surface area contributed by atoms with Crippen LogP contribution in [0, 0.1) is 0 Å². The molecule has 0 saturated heterocycles. The third-order valence-corrected chi connectivity index (χ3v) is 13.8. The first-order chi connectivity index (χ1) is 40.5. The van der Waals surface area contributed by atoms with Crippen LogP contribution in [0.15, 0.2) is 158 Å². The van der Waals surface area contributed by atoms with E-state index in [1.807, 2.05) is 0 Å². The molecule has 1 unspecified atom stereocenters. The lowest BCUT2D eigenvalue weighted by Gasteiger charge is -2.18. The first kappa shape index (κ1) is 77.0. The van der Waals surface area contributed by atoms with E-state index < -0.39 is 6.10 Å². The van der Waals surface area contributed by atoms with Crippen molar-refractivity contribution in [1.29, 1.82) is 0 Å². The van der Waals surface area contributed by atoms with Gasteiger partial charge < -0.3 is 14.2 Å². The molecule has 0 aromatic carbocycles. The largest absolute Gasteiger partial charge is 0.462 e. The molecule has 1 atom stereocenters. The van der Waals surface area contributed by atoms with E-state index in [0.29, 0.717) is 25.7 Å². The van der Waals surface area contributed by atoms with Crippen molar-refractivity contribution in [3.8, 4) is 0 Å². The molecular formula is C76H122O6. The summed E-state index contributed by atoms with van der Waals surface area (Å²) >= 11 is 0. The first-order valence-corrected chi connectivity index (χ1v) is 33.5. The van der Waals surface area contributed by atoms with E-state index in [-0.39, 0.29) is 31.1 Å². The number of allylic oxidation sites excluding steroid dienone is 26. The summed E-state index contributed by atoms with van der Waals surface area (Å²) in [6.07, 6.45) is 100. The van der Waals surface area contributed by atoms with Gasteiger partial charge in [-0.25, -0.2) is 0 Å². The van der Waals surface area contributed by atoms with Crippen LogP contribution in [0.25, 0.3) is 0 Å². The predicted molar refractivity (Wildman–Crippen MR) is 357 cm³/mol. The van der Waals surface area contributed by atoms with Gasteiger partial charge in [-0.15, -0.1) is 0 Å². The Morgan fingerprint density at radius 1 is 0.256 bits per heavy atom. The summed E-state index contributed by atoms with van der Waals surface area (Å²) < 4.78 is 16.8. The van der Waals surface area contributed by atoms with Gasteiger partial charge in [0.05, 0.1) is 0 Å². The van der Waals surface area contributed by atoms with Gasteiger partial charge in [0.1, 0.15) is 13.2 Å². The minimum absolute atomic E-state index is 0.0984. The van der Waals surface area contributed by atoms with Crippen molar-refractivity contribution in [2.45, 2.75) is 290 Å². The summed E-state index contributed by atoms with van der Waals surface area (Å²) in [6.45, 7) is 6.41. The molecule has 0 rings (SSSR count). The van der Waals surface area contributed by atoms with Gasteiger partial charge in [0, 0.05) is 19.3 Å². The standard InChI is InChI=1S/C76H122O6/c1-4-7-10-13-16-18-20-22-24-26-28-30-32-34-35-36-37-38-39-40-41-43-44-46-48-50-52-54-56-58-60-63-66-69-75(78)81-72-73(71-80-74(77)68-65-62-15-12-9-6-3)82-76(79)70-67-64-61-59-57-55-53-51-49-47-45-42-33-31-29-27-25-23-21-19-17-14-11-8-5-2/h7,10,16,18,21-24,27-30,33-35,37-38,40-42,44,46,50,52,56,58,73H,4-6,8-9,11-15,17,19-20,25-26,31-32,36,39,43,45,47-49,51,53-55,57,59-72H2,1-3H3/b10-7-,18-16-,23-21-,24-22-,29-27-,30-28-,35-34-,38-37-,41-40-,42-33-,46-44-,52-50-,58-56-. The lowest BCUT2D eigenvalue weighted by atomic mass is 10.0. The van der Waals surface area contributed by atoms with E-state index in [1.54, 1.807) is 0 Å². The van der Waals surface area contributed by atoms with Crippen molar-refractivity contribution in [2.24, 2.45) is 0 Å². The molecule has 0 spiro atoms. The Balaban J connectivity index is 4.22. The third kappa shape index (κ3) is 65.8. The molecule has 0 aliphatic heterocycles. The van der Waals surface area contributed by atoms with E-state index >= 15 is 0 Å². The van der Waals surface area contributed by atoms with E-state index in [2.05, 4.69) is 179 Å². The molecule has 462 valence electrons. The summed E-state index contributed by atoms with van der Waals surface area (Å²) in [5.74, 6) is -0.960. The van der Waals surface area contributed by atoms with Gasteiger partial charge in [-0.2, -0.15) is 0 Å². The van der Waals surface area contributed by atoms with Crippen molar-refractivity contribution < 1.29 is 28.6 Å². The number of hydrogen-bond acceptors (Lipinski definition) is 6. The second-order valence-corrected chi connectivity index (χ2v) is 21.6. The van der Waals surface area contributed by atoms with Gasteiger partial charge in [-0.05, 0) is 135 Å². The molecule has 0 aromatic rings. The first-order valence-electron chi connectivity index (χ1n) is 33.5. The Kier molecular flexibility index (Phi) is 64.4. The third-order valence-electron chi connectivity index (χ3n) is 13.8. The maximum Gasteiger partial charge on any atom is 0.306 e. The fourth-order valence-electron chi connectivity index (χ4n) is 8.77. The van der Waals surface area contributed by atoms with Crippen LogP contribution in [0.4, 0.5) is 0 Å². The van der Waals surface area contributed by atoms with Crippen molar-refractivity contribution >= 4 is 17.9 Å². The van der Waals surface area contributed by atoms with E-state index in [9.17, 15) is 14.4 Å². The van der Waals surface area contributed by atoms with Crippen LogP contribution in [-0.4, -0.2) is 37.2 Å². The highest BCUT2D eigenvalue weighted by molar-refractivity contribution is 5.71. The van der Waals surface area contributed by atoms with Gasteiger partial charge in [-0.1, -0.05) is 288 Å². The van der Waals surface area contributed by atoms with Gasteiger partial charge in [0.2, 0.25) is 0 Å². The lowest BCUT2D eigenvalue weighted by molar-refractivity contribution is -0.167. The van der Waals surface area contributed by atoms with Crippen molar-refractivity contribution in [1.82, 2.24) is 0 Å². The second kappa shape index (κ2) is 68.5. The van der Waals surface area contributed by atoms with E-state index in [1.165, 1.54) is 109 Å². The average Bonchev–Trinajstić information content (AvgIpc) is 3.47. The van der Waals surface area contributed by atoms with Crippen LogP contribution in [0.1, 0.15) is 284 Å². The second-order valence-electron chi connectivity index (χ2n) is 21.6. The maximum absolute atomic E-state index is 12.9. The number of esters is 3. The molecule has 0 heterocycles. The molecular weight excluding hydrogens is 1010 g/mol. The number of rotatable bonds is 59. The zero-order valence-corrected chi connectivity index (χ0v) is 52.9. The smallest absolute Gasteiger partial charge is 0.306 e. The number of carbonyl (C=O) groups excluding carboxylic acids is 3. The van der Waals surface area contributed by atoms with E-state index in [0.717, 1.165) is 128 Å². The average molecular weight is 1130 g/mol. The predicted octanol–water partition coefficient (Wildman–Crippen LogP) is 23.3. The molecule has 0 radical (unpaired) electrons. The SMILES string of the molecule is CC/C=C\C/C=C\C/C=C\C/C=C\C/C=C\C/C=C\C/C=C\C/C=C\C/C=C\C/C=C\CCCCC(=O)OCC(COC(=O)CCCCCCCC)OC(=O)CCCCCCCCCCCC/C=C\C/C=C\C/C=C\CCCCCCC. The topological polar surface area (TPSA) is 78.9 Å². The van der Waals surface area contributed by atoms with Crippen LogP contribution >= 0.6 is 0 Å². The molecule has 0 saturated carbocycles. The summed E-state index contributed by atoms with van der Waals surface area (Å²) in [4.78, 5) is 38.0. The van der Waals surface area contributed by atoms with Crippen molar-refractivity contribution in [2.75, 3.05) is 13.2 Å². The molecule has 6 heteroatoms. The highest BCUT2D eigenvalue weighted by atomic mass is 16.6. The Bertz CT molecular complexity index is 1830. The molecule has 0 N–H and O–H groups in total. The highest BCUT2D eigenvalue weighted by Crippen LogP contribution is 2.15. The molecule has 82 heavy (non-hydrogen) atoms. The number of carbonyl (C=O) groups is 3. The maximum atomic E-state index is 12.9. The Morgan fingerprint density at radius 2 is 0.476 bits per heavy atom. The number of unbranched alkanes of at least 4 members (excludes halogenated alkanes) is 22. The summed E-state index contributed by atoms with van der Waals surface area (Å²) in [5, 5.41) is 0. The molecule has 0 aliphatic rings. The summed E-state index contributed by atoms with van der Waals surface area (Å²) in [7, 11) is 0. The van der Waals surface area contributed by atoms with Crippen LogP contribution in [0.3, 0.4) is 0 Å². The molecule has 0 aromatic heterocycles. The fourth-order valence-corrected chi connectivity index (χ4v) is 8.77. The van der Waals surface area contributed by atoms with Gasteiger partial charge in [-0.3, -0.25) is 14.4 Å². The zero-order valence-electron chi connectivity index (χ0n) is 52.9. The minimum Gasteiger partial charge on any atom is -0.462 e. The summed E-state index contributed by atoms with van der Waals surface area (Å²) in [6, 6.07) is 0. The quantitative estimate of drug-likeness (QED) is 0.0261. The Hall–Kier alpha value is -4.97. The number of hydrogen-bond donors (Lipinski definition) is 0. The molecule has 0 fully saturated rings. The monoisotopic (exact) mass is 1130 g/mol. The Morgan fingerprint density at radius 3 is 0.768 bits per heavy atom. The van der Waals surface area contributed by atoms with E-state index in [4.69, 9.17) is 14.2 Å². The molecule has 0 amide bonds. The number of ether oxygens (including phenoxy) is 3. The van der Waals surface area contributed by atoms with Crippen LogP contribution in [0.5, 0.6) is 0 Å². The van der Waals surface area contributed by atoms with Gasteiger partial charge in [0.25, 0.3) is 0 Å². The van der Waals surface area contributed by atoms with Crippen molar-refractivity contribution in [3.63, 3.8) is 0 Å². The Labute approximate surface area is 505 Å². The zero-order chi connectivity index (χ0) is 59.2. The fraction of sp³-hybridized carbons (Fsp3) is 0.618. The van der Waals surface area contributed by atoms with Gasteiger partial charge >= 0.3 is 17.9 Å².